The minimum absolute atomic E-state index is 0. The molecular weight excluding hydrogens is 587 g/mol. The van der Waals surface area contributed by atoms with Gasteiger partial charge in [0.15, 0.2) is 0 Å². The smallest absolute Gasteiger partial charge is 1.00 e. The molecule has 6 rings (SSSR count). The van der Waals surface area contributed by atoms with Gasteiger partial charge in [-0.15, -0.1) is 0 Å². The van der Waals surface area contributed by atoms with E-state index >= 15 is 0 Å². The summed E-state index contributed by atoms with van der Waals surface area (Å²) in [6, 6.07) is 25.8. The molecule has 191 valence electrons. The Bertz CT molecular complexity index is 1330. The van der Waals surface area contributed by atoms with Crippen molar-refractivity contribution in [2.45, 2.75) is 65.8 Å². The molecule has 3 aromatic carbocycles. The van der Waals surface area contributed by atoms with Gasteiger partial charge in [0.05, 0.1) is 0 Å². The van der Waals surface area contributed by atoms with E-state index in [2.05, 4.69) is 106 Å². The Labute approximate surface area is 244 Å². The minimum Gasteiger partial charge on any atom is -1.00 e. The van der Waals surface area contributed by atoms with E-state index in [0.29, 0.717) is 5.92 Å². The van der Waals surface area contributed by atoms with Crippen LogP contribution in [0, 0.1) is 0 Å². The molecule has 0 aromatic heterocycles. The van der Waals surface area contributed by atoms with E-state index in [1.165, 1.54) is 42.4 Å². The summed E-state index contributed by atoms with van der Waals surface area (Å²) in [5, 5.41) is 0. The summed E-state index contributed by atoms with van der Waals surface area (Å²) in [7, 11) is 0. The molecule has 0 amide bonds. The van der Waals surface area contributed by atoms with Crippen LogP contribution in [-0.4, -0.2) is 5.92 Å². The number of hydrogen-bond acceptors (Lipinski definition) is 0. The Morgan fingerprint density at radius 3 is 2.19 bits per heavy atom. The van der Waals surface area contributed by atoms with Gasteiger partial charge in [-0.05, 0) is 0 Å². The zero-order chi connectivity index (χ0) is 24.1. The monoisotopic (exact) mass is 621 g/mol. The molecule has 3 unspecified atom stereocenters. The maximum atomic E-state index is 2.81. The van der Waals surface area contributed by atoms with Crippen LogP contribution >= 0.6 is 0 Å². The normalized spacial score (nSPS) is 19.7. The van der Waals surface area contributed by atoms with Gasteiger partial charge in [-0.3, -0.25) is 0 Å². The average Bonchev–Trinajstić information content (AvgIpc) is 3.55. The van der Waals surface area contributed by atoms with Gasteiger partial charge >= 0.3 is 222 Å². The largest absolute Gasteiger partial charge is 1.00 e. The first-order chi connectivity index (χ1) is 17.0. The summed E-state index contributed by atoms with van der Waals surface area (Å²) in [5.74, 6) is -0.217. The van der Waals surface area contributed by atoms with Gasteiger partial charge in [0.2, 0.25) is 0 Å². The van der Waals surface area contributed by atoms with Gasteiger partial charge in [-0.1, -0.05) is 0 Å². The summed E-state index contributed by atoms with van der Waals surface area (Å²) in [4.78, 5) is 0. The summed E-state index contributed by atoms with van der Waals surface area (Å²) in [6.07, 6.45) is 10.6. The number of aryl methyl sites for hydroxylation is 2. The number of benzene rings is 3. The first-order valence-corrected chi connectivity index (χ1v) is 23.6. The van der Waals surface area contributed by atoms with E-state index in [9.17, 15) is 0 Å². The molecule has 3 aromatic rings. The van der Waals surface area contributed by atoms with E-state index in [1.54, 1.807) is 33.4 Å². The predicted molar refractivity (Wildman–Crippen MR) is 150 cm³/mol. The Hall–Kier alpha value is -1.18. The second-order valence-corrected chi connectivity index (χ2v) is 31.6. The van der Waals surface area contributed by atoms with Gasteiger partial charge in [0, 0.05) is 0 Å². The molecule has 0 aliphatic heterocycles. The van der Waals surface area contributed by atoms with Gasteiger partial charge in [0.25, 0.3) is 0 Å². The summed E-state index contributed by atoms with van der Waals surface area (Å²) in [5.41, 5.74) is 14.5. The van der Waals surface area contributed by atoms with Crippen LogP contribution in [0.5, 0.6) is 0 Å². The molecule has 0 spiro atoms. The summed E-state index contributed by atoms with van der Waals surface area (Å²) < 4.78 is 1.48. The van der Waals surface area contributed by atoms with Gasteiger partial charge in [0.1, 0.15) is 0 Å². The molecule has 0 radical (unpaired) electrons. The number of allylic oxidation sites excluding steroid dienone is 4. The van der Waals surface area contributed by atoms with Crippen LogP contribution in [0.1, 0.15) is 78.8 Å². The average molecular weight is 624 g/mol. The third kappa shape index (κ3) is 5.34. The Balaban J connectivity index is 0.00000160. The maximum absolute atomic E-state index is 2.81. The van der Waals surface area contributed by atoms with Crippen molar-refractivity contribution in [1.29, 1.82) is 0 Å². The SMILES string of the molecule is CC1=C[CH]([Zr+2]([CH]2C=C(CC(C)c3ccccc3)c3cc4c(cc32)CCC4)[SiH](C)C)c2ccccc21.[Cl-].[Cl-]. The molecule has 0 bridgehead atoms. The van der Waals surface area contributed by atoms with Gasteiger partial charge in [-0.2, -0.15) is 0 Å². The molecule has 0 N–H and O–H groups in total. The molecule has 0 saturated carbocycles. The molecule has 0 nitrogen and oxygen atoms in total. The molecular formula is C33H37Cl2SiZr. The summed E-state index contributed by atoms with van der Waals surface area (Å²) in [6.45, 7) is 10.1. The topological polar surface area (TPSA) is 0 Å². The zero-order valence-electron chi connectivity index (χ0n) is 22.4. The van der Waals surface area contributed by atoms with Crippen molar-refractivity contribution < 1.29 is 45.7 Å². The Morgan fingerprint density at radius 2 is 1.46 bits per heavy atom. The zero-order valence-corrected chi connectivity index (χ0v) is 27.5. The van der Waals surface area contributed by atoms with Crippen LogP contribution < -0.4 is 24.8 Å². The fraction of sp³-hybridized carbons (Fsp3) is 0.333. The van der Waals surface area contributed by atoms with E-state index in [0.717, 1.165) is 7.25 Å². The standard InChI is InChI=1S/C21H21.C10H9.C2H7Si.2ClH.Zr/c1-15(16-6-3-2-4-7-16)12-19-10-11-20-13-17-8-5-9-18(17)14-21(19)20;1-8-6-7-9-4-2-3-5-10(8)9;1-3-2;;;/h2-4,6-7,10-11,13-15H,5,8-9,12H2,1H3;2-7H,1H3;3H,1-2H3;2*1H;/q;;;;;+2/p-2. The third-order valence-corrected chi connectivity index (χ3v) is 30.0. The van der Waals surface area contributed by atoms with Crippen LogP contribution in [0.25, 0.3) is 11.1 Å². The Morgan fingerprint density at radius 1 is 0.811 bits per heavy atom. The summed E-state index contributed by atoms with van der Waals surface area (Å²) >= 11 is -1.88. The molecule has 0 fully saturated rings. The van der Waals surface area contributed by atoms with E-state index < -0.39 is 26.8 Å². The molecule has 0 saturated heterocycles. The van der Waals surface area contributed by atoms with Crippen molar-refractivity contribution in [2.75, 3.05) is 0 Å². The van der Waals surface area contributed by atoms with Gasteiger partial charge < -0.3 is 24.8 Å². The Kier molecular flexibility index (Phi) is 9.28. The molecule has 0 heterocycles. The second-order valence-electron chi connectivity index (χ2n) is 11.3. The number of rotatable bonds is 6. The van der Waals surface area contributed by atoms with E-state index in [4.69, 9.17) is 0 Å². The van der Waals surface area contributed by atoms with Crippen molar-refractivity contribution in [3.8, 4) is 0 Å². The maximum Gasteiger partial charge on any atom is -1.00 e. The quantitative estimate of drug-likeness (QED) is 0.371. The fourth-order valence-corrected chi connectivity index (χ4v) is 28.3. The van der Waals surface area contributed by atoms with E-state index in [1.807, 2.05) is 0 Å². The van der Waals surface area contributed by atoms with Crippen LogP contribution in [0.15, 0.2) is 78.9 Å². The number of fused-ring (bicyclic) bond motifs is 3. The van der Waals surface area contributed by atoms with Crippen LogP contribution in [0.2, 0.25) is 13.1 Å². The fourth-order valence-electron chi connectivity index (χ4n) is 6.99. The molecule has 4 heteroatoms. The van der Waals surface area contributed by atoms with Crippen molar-refractivity contribution in [1.82, 2.24) is 0 Å². The van der Waals surface area contributed by atoms with Crippen LogP contribution in [-0.2, 0) is 33.8 Å². The predicted octanol–water partition coefficient (Wildman–Crippen LogP) is 2.58. The number of hydrogen-bond donors (Lipinski definition) is 0. The molecule has 3 aliphatic rings. The molecule has 3 atom stereocenters. The molecule has 37 heavy (non-hydrogen) atoms. The van der Waals surface area contributed by atoms with Crippen molar-refractivity contribution in [3.63, 3.8) is 0 Å². The first kappa shape index (κ1) is 28.8. The minimum atomic E-state index is -1.88. The van der Waals surface area contributed by atoms with E-state index in [-0.39, 0.29) is 24.8 Å². The van der Waals surface area contributed by atoms with Crippen molar-refractivity contribution in [3.05, 3.63) is 118 Å². The van der Waals surface area contributed by atoms with Crippen LogP contribution in [0.4, 0.5) is 0 Å². The molecule has 3 aliphatic carbocycles. The van der Waals surface area contributed by atoms with Crippen molar-refractivity contribution in [2.24, 2.45) is 0 Å². The number of halogens is 2. The van der Waals surface area contributed by atoms with Crippen molar-refractivity contribution >= 4 is 17.1 Å². The van der Waals surface area contributed by atoms with Crippen LogP contribution in [0.3, 0.4) is 0 Å². The third-order valence-electron chi connectivity index (χ3n) is 8.73. The second kappa shape index (κ2) is 11.9. The first-order valence-electron chi connectivity index (χ1n) is 13.6. The van der Waals surface area contributed by atoms with Gasteiger partial charge in [-0.25, -0.2) is 0 Å².